The SMILES string of the molecule is NC12CCCC(N)(CC1)C2.O=C(O)C12CCCC(C(=O)O)(CC1)C2. The first kappa shape index (κ1) is 17.7. The molecule has 4 unspecified atom stereocenters. The lowest BCUT2D eigenvalue weighted by atomic mass is 9.69. The van der Waals surface area contributed by atoms with Crippen LogP contribution in [-0.2, 0) is 9.59 Å². The Balaban J connectivity index is 0.000000149. The van der Waals surface area contributed by atoms with Gasteiger partial charge in [-0.25, -0.2) is 0 Å². The van der Waals surface area contributed by atoms with E-state index in [2.05, 4.69) is 0 Å². The molecule has 24 heavy (non-hydrogen) atoms. The number of hydrogen-bond acceptors (Lipinski definition) is 4. The Hall–Kier alpha value is -1.14. The van der Waals surface area contributed by atoms with Gasteiger partial charge in [-0.15, -0.1) is 0 Å². The largest absolute Gasteiger partial charge is 0.481 e. The van der Waals surface area contributed by atoms with Gasteiger partial charge in [0.15, 0.2) is 0 Å². The lowest BCUT2D eigenvalue weighted by molar-refractivity contribution is -0.156. The van der Waals surface area contributed by atoms with Crippen molar-refractivity contribution in [2.24, 2.45) is 22.3 Å². The van der Waals surface area contributed by atoms with Gasteiger partial charge in [-0.3, -0.25) is 9.59 Å². The molecule has 4 saturated carbocycles. The van der Waals surface area contributed by atoms with Gasteiger partial charge in [-0.2, -0.15) is 0 Å². The average molecular weight is 338 g/mol. The molecule has 4 fully saturated rings. The van der Waals surface area contributed by atoms with Gasteiger partial charge in [0.25, 0.3) is 0 Å². The first-order valence-corrected chi connectivity index (χ1v) is 9.18. The number of aliphatic carboxylic acids is 2. The van der Waals surface area contributed by atoms with Crippen LogP contribution in [0.15, 0.2) is 0 Å². The van der Waals surface area contributed by atoms with Crippen LogP contribution in [0.1, 0.15) is 77.0 Å². The number of carbonyl (C=O) groups is 2. The van der Waals surface area contributed by atoms with E-state index < -0.39 is 22.8 Å². The molecule has 0 spiro atoms. The molecule has 6 N–H and O–H groups in total. The van der Waals surface area contributed by atoms with Crippen LogP contribution in [0.25, 0.3) is 0 Å². The van der Waals surface area contributed by atoms with Gasteiger partial charge >= 0.3 is 11.9 Å². The van der Waals surface area contributed by atoms with E-state index >= 15 is 0 Å². The van der Waals surface area contributed by atoms with Gasteiger partial charge < -0.3 is 21.7 Å². The van der Waals surface area contributed by atoms with Gasteiger partial charge in [-0.1, -0.05) is 6.42 Å². The summed E-state index contributed by atoms with van der Waals surface area (Å²) in [6, 6.07) is 0. The molecular formula is C18H30N2O4. The first-order valence-electron chi connectivity index (χ1n) is 9.18. The Bertz CT molecular complexity index is 509. The van der Waals surface area contributed by atoms with Crippen LogP contribution in [0.4, 0.5) is 0 Å². The highest BCUT2D eigenvalue weighted by atomic mass is 16.4. The molecule has 0 aromatic rings. The van der Waals surface area contributed by atoms with Crippen LogP contribution >= 0.6 is 0 Å². The Morgan fingerprint density at radius 1 is 0.625 bits per heavy atom. The van der Waals surface area contributed by atoms with Gasteiger partial charge in [0.05, 0.1) is 10.8 Å². The van der Waals surface area contributed by atoms with Crippen LogP contribution in [0.3, 0.4) is 0 Å². The highest BCUT2D eigenvalue weighted by Crippen LogP contribution is 2.58. The number of nitrogens with two attached hydrogens (primary N) is 2. The van der Waals surface area contributed by atoms with E-state index in [0.29, 0.717) is 32.1 Å². The second kappa shape index (κ2) is 5.70. The zero-order valence-electron chi connectivity index (χ0n) is 14.4. The predicted octanol–water partition coefficient (Wildman–Crippen LogP) is 2.25. The minimum atomic E-state index is -0.805. The summed E-state index contributed by atoms with van der Waals surface area (Å²) in [4.78, 5) is 22.2. The molecule has 0 aromatic carbocycles. The maximum absolute atomic E-state index is 11.1. The molecule has 0 aliphatic heterocycles. The summed E-state index contributed by atoms with van der Waals surface area (Å²) in [6.45, 7) is 0. The van der Waals surface area contributed by atoms with Crippen molar-refractivity contribution in [2.75, 3.05) is 0 Å². The lowest BCUT2D eigenvalue weighted by Gasteiger charge is -2.34. The van der Waals surface area contributed by atoms with Crippen molar-refractivity contribution in [1.29, 1.82) is 0 Å². The molecular weight excluding hydrogens is 308 g/mol. The van der Waals surface area contributed by atoms with E-state index in [1.54, 1.807) is 0 Å². The maximum atomic E-state index is 11.1. The highest BCUT2D eigenvalue weighted by Gasteiger charge is 2.58. The quantitative estimate of drug-likeness (QED) is 0.611. The molecule has 4 bridgehead atoms. The van der Waals surface area contributed by atoms with Gasteiger partial charge in [0.1, 0.15) is 0 Å². The molecule has 0 radical (unpaired) electrons. The Morgan fingerprint density at radius 3 is 1.42 bits per heavy atom. The van der Waals surface area contributed by atoms with Gasteiger partial charge in [0.2, 0.25) is 0 Å². The summed E-state index contributed by atoms with van der Waals surface area (Å²) >= 11 is 0. The summed E-state index contributed by atoms with van der Waals surface area (Å²) < 4.78 is 0. The van der Waals surface area contributed by atoms with Gasteiger partial charge in [-0.05, 0) is 70.6 Å². The molecule has 6 nitrogen and oxygen atoms in total. The van der Waals surface area contributed by atoms with Crippen molar-refractivity contribution in [3.05, 3.63) is 0 Å². The molecule has 4 aliphatic rings. The average Bonchev–Trinajstić information content (AvgIpc) is 2.91. The number of carboxylic acids is 2. The minimum Gasteiger partial charge on any atom is -0.481 e. The number of fused-ring (bicyclic) bond motifs is 4. The number of hydrogen-bond donors (Lipinski definition) is 4. The van der Waals surface area contributed by atoms with E-state index in [-0.39, 0.29) is 11.1 Å². The van der Waals surface area contributed by atoms with Crippen LogP contribution in [0.5, 0.6) is 0 Å². The third-order valence-corrected chi connectivity index (χ3v) is 7.15. The smallest absolute Gasteiger partial charge is 0.309 e. The zero-order chi connectivity index (χ0) is 17.6. The van der Waals surface area contributed by atoms with Crippen molar-refractivity contribution >= 4 is 11.9 Å². The molecule has 0 amide bonds. The topological polar surface area (TPSA) is 127 Å². The fourth-order valence-corrected chi connectivity index (χ4v) is 5.67. The van der Waals surface area contributed by atoms with Crippen molar-refractivity contribution in [1.82, 2.24) is 0 Å². The van der Waals surface area contributed by atoms with Crippen LogP contribution < -0.4 is 11.5 Å². The van der Waals surface area contributed by atoms with Gasteiger partial charge in [0, 0.05) is 11.1 Å². The minimum absolute atomic E-state index is 0.132. The Labute approximate surface area is 143 Å². The molecule has 4 atom stereocenters. The number of rotatable bonds is 2. The fraction of sp³-hybridized carbons (Fsp3) is 0.889. The van der Waals surface area contributed by atoms with E-state index in [4.69, 9.17) is 21.7 Å². The summed E-state index contributed by atoms with van der Waals surface area (Å²) in [7, 11) is 0. The zero-order valence-corrected chi connectivity index (χ0v) is 14.4. The molecule has 0 aromatic heterocycles. The van der Waals surface area contributed by atoms with Crippen molar-refractivity contribution in [3.8, 4) is 0 Å². The fourth-order valence-electron chi connectivity index (χ4n) is 5.67. The molecule has 0 heterocycles. The lowest BCUT2D eigenvalue weighted by Crippen LogP contribution is -2.47. The second-order valence-electron chi connectivity index (χ2n) is 8.96. The van der Waals surface area contributed by atoms with Crippen molar-refractivity contribution in [2.45, 2.75) is 88.1 Å². The summed E-state index contributed by atoms with van der Waals surface area (Å²) in [5.41, 5.74) is 11.0. The third kappa shape index (κ3) is 2.94. The molecule has 136 valence electrons. The highest BCUT2D eigenvalue weighted by molar-refractivity contribution is 5.81. The second-order valence-corrected chi connectivity index (χ2v) is 8.96. The van der Waals surface area contributed by atoms with Crippen molar-refractivity contribution in [3.63, 3.8) is 0 Å². The summed E-state index contributed by atoms with van der Waals surface area (Å²) in [5, 5.41) is 18.2. The molecule has 4 rings (SSSR count). The summed E-state index contributed by atoms with van der Waals surface area (Å²) in [6.07, 6.45) is 10.5. The van der Waals surface area contributed by atoms with Crippen molar-refractivity contribution < 1.29 is 19.8 Å². The standard InChI is InChI=1S/C10H14O4.C8H16N2/c11-7(12)9-2-1-3-10(6-9,5-4-9)8(13)14;9-7-2-1-3-8(10,6-7)5-4-7/h1-6H2,(H,11,12)(H,13,14);1-6,9-10H2. The van der Waals surface area contributed by atoms with E-state index in [1.807, 2.05) is 0 Å². The van der Waals surface area contributed by atoms with E-state index in [9.17, 15) is 9.59 Å². The predicted molar refractivity (Wildman–Crippen MR) is 89.4 cm³/mol. The molecule has 6 heteroatoms. The summed E-state index contributed by atoms with van der Waals surface area (Å²) in [5.74, 6) is -1.61. The van der Waals surface area contributed by atoms with Crippen LogP contribution in [0, 0.1) is 10.8 Å². The van der Waals surface area contributed by atoms with Crippen LogP contribution in [-0.4, -0.2) is 33.2 Å². The number of carboxylic acid groups (broad SMARTS) is 2. The monoisotopic (exact) mass is 338 g/mol. The van der Waals surface area contributed by atoms with E-state index in [1.165, 1.54) is 19.3 Å². The van der Waals surface area contributed by atoms with E-state index in [0.717, 1.165) is 25.7 Å². The Morgan fingerprint density at radius 2 is 1.04 bits per heavy atom. The van der Waals surface area contributed by atoms with Crippen LogP contribution in [0.2, 0.25) is 0 Å². The molecule has 0 saturated heterocycles. The maximum Gasteiger partial charge on any atom is 0.309 e. The molecule has 4 aliphatic carbocycles. The normalized spacial score (nSPS) is 46.1. The first-order chi connectivity index (χ1) is 11.1. The third-order valence-electron chi connectivity index (χ3n) is 7.15. The Kier molecular flexibility index (Phi) is 4.20.